The fourth-order valence-corrected chi connectivity index (χ4v) is 6.30. The second-order valence-electron chi connectivity index (χ2n) is 9.68. The number of nitrogens with one attached hydrogen (secondary N) is 1. The van der Waals surface area contributed by atoms with Crippen LogP contribution in [0.1, 0.15) is 62.2 Å². The third-order valence-electron chi connectivity index (χ3n) is 7.53. The first-order valence-electron chi connectivity index (χ1n) is 11.4. The molecule has 0 aromatic heterocycles. The molecular weight excluding hydrogens is 374 g/mol. The van der Waals surface area contributed by atoms with Crippen molar-refractivity contribution in [2.24, 2.45) is 17.8 Å². The van der Waals surface area contributed by atoms with E-state index in [1.165, 1.54) is 25.7 Å². The molecule has 2 aromatic rings. The Morgan fingerprint density at radius 1 is 1.07 bits per heavy atom. The minimum absolute atomic E-state index is 0.0991. The Balaban J connectivity index is 1.25. The smallest absolute Gasteiger partial charge is 0.253 e. The van der Waals surface area contributed by atoms with Crippen molar-refractivity contribution >= 4 is 5.91 Å². The highest BCUT2D eigenvalue weighted by Crippen LogP contribution is 2.55. The van der Waals surface area contributed by atoms with Crippen molar-refractivity contribution in [1.29, 1.82) is 0 Å². The Labute approximate surface area is 178 Å². The molecule has 0 spiro atoms. The van der Waals surface area contributed by atoms with Crippen molar-refractivity contribution in [2.75, 3.05) is 0 Å². The van der Waals surface area contributed by atoms with Crippen LogP contribution in [0.15, 0.2) is 54.6 Å². The number of aliphatic hydroxyl groups excluding tert-OH is 1. The van der Waals surface area contributed by atoms with Gasteiger partial charge in [-0.25, -0.2) is 0 Å². The van der Waals surface area contributed by atoms with E-state index in [4.69, 9.17) is 4.74 Å². The Hall–Kier alpha value is -2.33. The zero-order valence-electron chi connectivity index (χ0n) is 17.4. The van der Waals surface area contributed by atoms with Gasteiger partial charge < -0.3 is 15.2 Å². The van der Waals surface area contributed by atoms with Gasteiger partial charge in [-0.2, -0.15) is 0 Å². The van der Waals surface area contributed by atoms with Crippen LogP contribution in [-0.2, 0) is 11.4 Å². The zero-order valence-corrected chi connectivity index (χ0v) is 17.4. The largest absolute Gasteiger partial charge is 0.489 e. The van der Waals surface area contributed by atoms with Crippen molar-refractivity contribution in [3.05, 3.63) is 65.7 Å². The summed E-state index contributed by atoms with van der Waals surface area (Å²) in [5.41, 5.74) is 1.57. The quantitative estimate of drug-likeness (QED) is 0.728. The monoisotopic (exact) mass is 405 g/mol. The average molecular weight is 406 g/mol. The molecular formula is C26H31NO3. The second kappa shape index (κ2) is 8.07. The first-order valence-corrected chi connectivity index (χ1v) is 11.4. The lowest BCUT2D eigenvalue weighted by molar-refractivity contribution is -0.132. The number of ether oxygens (including phenoxy) is 1. The fraction of sp³-hybridized carbons (Fsp3) is 0.500. The summed E-state index contributed by atoms with van der Waals surface area (Å²) in [6.07, 6.45) is 7.38. The topological polar surface area (TPSA) is 58.6 Å². The highest BCUT2D eigenvalue weighted by molar-refractivity contribution is 5.82. The molecule has 3 saturated carbocycles. The van der Waals surface area contributed by atoms with Gasteiger partial charge in [0.15, 0.2) is 6.10 Å². The van der Waals surface area contributed by atoms with E-state index in [0.717, 1.165) is 42.6 Å². The van der Waals surface area contributed by atoms with Gasteiger partial charge in [-0.1, -0.05) is 61.7 Å². The van der Waals surface area contributed by atoms with Crippen molar-refractivity contribution in [3.63, 3.8) is 0 Å². The molecule has 1 amide bonds. The van der Waals surface area contributed by atoms with Crippen molar-refractivity contribution in [1.82, 2.24) is 5.32 Å². The summed E-state index contributed by atoms with van der Waals surface area (Å²) in [4.78, 5) is 13.0. The Morgan fingerprint density at radius 3 is 2.77 bits per heavy atom. The Kier molecular flexibility index (Phi) is 5.28. The van der Waals surface area contributed by atoms with Crippen LogP contribution in [0.25, 0.3) is 0 Å². The average Bonchev–Trinajstić information content (AvgIpc) is 2.91. The Bertz CT molecular complexity index is 894. The molecule has 3 aliphatic carbocycles. The molecule has 158 valence electrons. The predicted molar refractivity (Wildman–Crippen MR) is 116 cm³/mol. The molecule has 5 unspecified atom stereocenters. The van der Waals surface area contributed by atoms with Crippen molar-refractivity contribution in [2.45, 2.75) is 63.2 Å². The van der Waals surface area contributed by atoms with Crippen LogP contribution in [0, 0.1) is 17.8 Å². The summed E-state index contributed by atoms with van der Waals surface area (Å²) < 4.78 is 5.87. The number of carbonyl (C=O) groups is 1. The van der Waals surface area contributed by atoms with E-state index in [1.807, 2.05) is 42.5 Å². The summed E-state index contributed by atoms with van der Waals surface area (Å²) >= 11 is 0. The van der Waals surface area contributed by atoms with E-state index in [9.17, 15) is 9.90 Å². The van der Waals surface area contributed by atoms with Gasteiger partial charge in [-0.05, 0) is 66.7 Å². The van der Waals surface area contributed by atoms with Crippen LogP contribution in [0.4, 0.5) is 0 Å². The first-order chi connectivity index (χ1) is 14.6. The summed E-state index contributed by atoms with van der Waals surface area (Å²) in [5.74, 6) is 2.65. The first kappa shape index (κ1) is 19.6. The van der Waals surface area contributed by atoms with Gasteiger partial charge in [-0.15, -0.1) is 0 Å². The lowest BCUT2D eigenvalue weighted by Gasteiger charge is -2.39. The maximum absolute atomic E-state index is 13.0. The zero-order chi connectivity index (χ0) is 20.6. The van der Waals surface area contributed by atoms with E-state index in [2.05, 4.69) is 5.32 Å². The van der Waals surface area contributed by atoms with Gasteiger partial charge in [0.25, 0.3) is 5.91 Å². The molecule has 0 aliphatic heterocycles. The molecule has 4 nitrogen and oxygen atoms in total. The Morgan fingerprint density at radius 2 is 1.90 bits per heavy atom. The molecule has 4 heteroatoms. The van der Waals surface area contributed by atoms with Gasteiger partial charge in [0.2, 0.25) is 0 Å². The van der Waals surface area contributed by atoms with Crippen LogP contribution in [0.3, 0.4) is 0 Å². The van der Waals surface area contributed by atoms with E-state index in [1.54, 1.807) is 12.1 Å². The van der Waals surface area contributed by atoms with Gasteiger partial charge in [0, 0.05) is 5.54 Å². The number of amides is 1. The predicted octanol–water partition coefficient (Wildman–Crippen LogP) is 4.77. The van der Waals surface area contributed by atoms with Gasteiger partial charge in [0.05, 0.1) is 0 Å². The van der Waals surface area contributed by atoms with Gasteiger partial charge in [0.1, 0.15) is 12.4 Å². The highest BCUT2D eigenvalue weighted by Gasteiger charge is 2.52. The molecule has 0 saturated heterocycles. The molecule has 2 N–H and O–H groups in total. The minimum Gasteiger partial charge on any atom is -0.489 e. The number of hydrogen-bond donors (Lipinski definition) is 2. The maximum Gasteiger partial charge on any atom is 0.253 e. The van der Waals surface area contributed by atoms with E-state index >= 15 is 0 Å². The van der Waals surface area contributed by atoms with E-state index < -0.39 is 6.10 Å². The molecule has 3 fully saturated rings. The summed E-state index contributed by atoms with van der Waals surface area (Å²) in [6.45, 7) is 0.458. The van der Waals surface area contributed by atoms with E-state index in [-0.39, 0.29) is 11.4 Å². The third kappa shape index (κ3) is 3.98. The SMILES string of the molecule is O=C(NC12CC3CCCC(C1)C(C3)C2)C(O)c1cccc(OCc2ccccc2)c1. The molecule has 5 atom stereocenters. The molecule has 30 heavy (non-hydrogen) atoms. The lowest BCUT2D eigenvalue weighted by Crippen LogP contribution is -2.51. The van der Waals surface area contributed by atoms with Crippen LogP contribution < -0.4 is 10.1 Å². The summed E-state index contributed by atoms with van der Waals surface area (Å²) in [7, 11) is 0. The number of rotatable bonds is 6. The van der Waals surface area contributed by atoms with Crippen LogP contribution in [-0.4, -0.2) is 16.6 Å². The summed E-state index contributed by atoms with van der Waals surface area (Å²) in [5, 5.41) is 14.1. The van der Waals surface area contributed by atoms with Gasteiger partial charge >= 0.3 is 0 Å². The number of carbonyl (C=O) groups excluding carboxylic acids is 1. The molecule has 0 radical (unpaired) electrons. The molecule has 5 rings (SSSR count). The van der Waals surface area contributed by atoms with Gasteiger partial charge in [-0.3, -0.25) is 4.79 Å². The number of aliphatic hydroxyl groups is 1. The fourth-order valence-electron chi connectivity index (χ4n) is 6.30. The van der Waals surface area contributed by atoms with E-state index in [0.29, 0.717) is 17.9 Å². The second-order valence-corrected chi connectivity index (χ2v) is 9.68. The minimum atomic E-state index is -1.17. The van der Waals surface area contributed by atoms with Crippen molar-refractivity contribution < 1.29 is 14.6 Å². The molecule has 0 heterocycles. The number of benzene rings is 2. The van der Waals surface area contributed by atoms with Crippen LogP contribution in [0.5, 0.6) is 5.75 Å². The van der Waals surface area contributed by atoms with Crippen LogP contribution >= 0.6 is 0 Å². The standard InChI is InChI=1S/C26H31NO3/c28-24(20-9-5-11-23(13-20)30-17-18-6-2-1-3-7-18)25(29)27-26-14-19-8-4-10-21(15-26)22(12-19)16-26/h1-3,5-7,9,11,13,19,21-22,24,28H,4,8,10,12,14-17H2,(H,27,29). The van der Waals surface area contributed by atoms with Crippen LogP contribution in [0.2, 0.25) is 0 Å². The maximum atomic E-state index is 13.0. The molecule has 3 aliphatic rings. The molecule has 3 bridgehead atoms. The number of fused-ring (bicyclic) bond motifs is 2. The molecule has 2 aromatic carbocycles. The highest BCUT2D eigenvalue weighted by atomic mass is 16.5. The normalized spacial score (nSPS) is 30.5. The lowest BCUT2D eigenvalue weighted by atomic mass is 9.75. The van der Waals surface area contributed by atoms with Crippen molar-refractivity contribution in [3.8, 4) is 5.75 Å². The summed E-state index contributed by atoms with van der Waals surface area (Å²) in [6, 6.07) is 17.2. The number of hydrogen-bond acceptors (Lipinski definition) is 3. The third-order valence-corrected chi connectivity index (χ3v) is 7.53.